The van der Waals surface area contributed by atoms with Gasteiger partial charge in [0.2, 0.25) is 0 Å². The first-order valence-corrected chi connectivity index (χ1v) is 9.78. The van der Waals surface area contributed by atoms with Crippen molar-refractivity contribution in [3.05, 3.63) is 82.4 Å². The molecule has 0 aliphatic carbocycles. The van der Waals surface area contributed by atoms with Crippen LogP contribution in [0.15, 0.2) is 59.6 Å². The van der Waals surface area contributed by atoms with Crippen LogP contribution in [-0.2, 0) is 6.17 Å². The van der Waals surface area contributed by atoms with Crippen LogP contribution in [0.1, 0.15) is 16.7 Å². The average Bonchev–Trinajstić information content (AvgIpc) is 2.96. The largest absolute Gasteiger partial charge is 0.244 e. The third kappa shape index (κ3) is 3.91. The van der Waals surface area contributed by atoms with Crippen molar-refractivity contribution in [3.8, 4) is 0 Å². The van der Waals surface area contributed by atoms with Crippen LogP contribution in [0.4, 0.5) is 8.78 Å². The van der Waals surface area contributed by atoms with Gasteiger partial charge in [0.05, 0.1) is 9.52 Å². The summed E-state index contributed by atoms with van der Waals surface area (Å²) in [4.78, 5) is 4.05. The van der Waals surface area contributed by atoms with Gasteiger partial charge in [-0.15, -0.1) is 0 Å². The number of rotatable bonds is 5. The van der Waals surface area contributed by atoms with Crippen LogP contribution in [0.5, 0.6) is 0 Å². The highest BCUT2D eigenvalue weighted by Crippen LogP contribution is 2.25. The van der Waals surface area contributed by atoms with E-state index in [0.717, 1.165) is 17.3 Å². The van der Waals surface area contributed by atoms with Gasteiger partial charge in [0.1, 0.15) is 18.0 Å². The first-order chi connectivity index (χ1) is 11.1. The molecule has 0 radical (unpaired) electrons. The number of hydrogen-bond donors (Lipinski definition) is 0. The monoisotopic (exact) mass is 393 g/mol. The summed E-state index contributed by atoms with van der Waals surface area (Å²) in [5.74, 6) is -0.514. The fourth-order valence-corrected chi connectivity index (χ4v) is 5.30. The molecule has 0 unspecified atom stereocenters. The third-order valence-electron chi connectivity index (χ3n) is 3.74. The lowest BCUT2D eigenvalue weighted by Crippen LogP contribution is -2.17. The summed E-state index contributed by atoms with van der Waals surface area (Å²) in [6, 6.07) is 13.0. The molecular weight excluding hydrogens is 380 g/mol. The molecule has 0 amide bonds. The maximum absolute atomic E-state index is 13.2. The maximum atomic E-state index is 13.2. The van der Waals surface area contributed by atoms with E-state index in [-0.39, 0.29) is 17.2 Å². The van der Waals surface area contributed by atoms with Crippen molar-refractivity contribution in [1.82, 2.24) is 14.8 Å². The Labute approximate surface area is 143 Å². The Bertz CT molecular complexity index is 729. The lowest BCUT2D eigenvalue weighted by molar-refractivity contribution is 0.626. The molecule has 0 spiro atoms. The fraction of sp³-hybridized carbons (Fsp3) is 0.125. The Morgan fingerprint density at radius 2 is 1.48 bits per heavy atom. The van der Waals surface area contributed by atoms with Gasteiger partial charge in [0.15, 0.2) is 4.73 Å². The first-order valence-electron chi connectivity index (χ1n) is 7.18. The second kappa shape index (κ2) is 7.14. The minimum Gasteiger partial charge on any atom is -0.244 e. The Morgan fingerprint density at radius 1 is 0.957 bits per heavy atom. The van der Waals surface area contributed by atoms with E-state index in [1.54, 1.807) is 24.3 Å². The van der Waals surface area contributed by atoms with Gasteiger partial charge < -0.3 is 0 Å². The second-order valence-electron chi connectivity index (χ2n) is 5.20. The normalized spacial score (nSPS) is 11.7. The minimum atomic E-state index is -0.701. The molecule has 7 heteroatoms. The summed E-state index contributed by atoms with van der Waals surface area (Å²) in [5, 5.41) is 4.18. The summed E-state index contributed by atoms with van der Waals surface area (Å²) in [5.41, 5.74) is 2.24. The molecule has 0 fully saturated rings. The fourth-order valence-electron chi connectivity index (χ4n) is 2.57. The first kappa shape index (κ1) is 16.0. The molecule has 0 bridgehead atoms. The quantitative estimate of drug-likeness (QED) is 0.623. The molecule has 2 aromatic carbocycles. The van der Waals surface area contributed by atoms with Gasteiger partial charge in [-0.3, -0.25) is 0 Å². The van der Waals surface area contributed by atoms with Crippen molar-refractivity contribution in [2.75, 3.05) is 0 Å². The van der Waals surface area contributed by atoms with Crippen molar-refractivity contribution in [1.29, 1.82) is 0 Å². The van der Waals surface area contributed by atoms with E-state index >= 15 is 0 Å². The number of nitrogens with zero attached hydrogens (tertiary/aromatic N) is 3. The molecular formula is C16H14BrF2N3Si. The van der Waals surface area contributed by atoms with Gasteiger partial charge in [-0.1, -0.05) is 24.3 Å². The lowest BCUT2D eigenvalue weighted by Gasteiger charge is -2.18. The third-order valence-corrected chi connectivity index (χ3v) is 6.56. The van der Waals surface area contributed by atoms with Gasteiger partial charge in [0, 0.05) is 6.17 Å². The van der Waals surface area contributed by atoms with Gasteiger partial charge in [-0.25, -0.2) is 18.4 Å². The van der Waals surface area contributed by atoms with Crippen molar-refractivity contribution < 1.29 is 8.78 Å². The van der Waals surface area contributed by atoms with E-state index in [2.05, 4.69) is 26.0 Å². The zero-order valence-electron chi connectivity index (χ0n) is 12.2. The molecule has 0 N–H and O–H groups in total. The van der Waals surface area contributed by atoms with Crippen LogP contribution >= 0.6 is 15.9 Å². The molecule has 1 heterocycles. The molecule has 3 nitrogen and oxygen atoms in total. The van der Waals surface area contributed by atoms with Crippen LogP contribution in [0.3, 0.4) is 0 Å². The molecule has 0 atom stereocenters. The Balaban J connectivity index is 1.88. The van der Waals surface area contributed by atoms with Crippen molar-refractivity contribution >= 4 is 25.4 Å². The Kier molecular flexibility index (Phi) is 4.97. The van der Waals surface area contributed by atoms with Crippen LogP contribution in [0.25, 0.3) is 0 Å². The van der Waals surface area contributed by atoms with E-state index < -0.39 is 9.52 Å². The van der Waals surface area contributed by atoms with Crippen LogP contribution in [0, 0.1) is 11.6 Å². The number of hydrogen-bond acceptors (Lipinski definition) is 2. The Morgan fingerprint density at radius 3 is 1.91 bits per heavy atom. The van der Waals surface area contributed by atoms with Crippen molar-refractivity contribution in [3.63, 3.8) is 0 Å². The predicted molar refractivity (Wildman–Crippen MR) is 90.9 cm³/mol. The molecule has 0 aliphatic rings. The standard InChI is InChI=1S/C16H14BrF2N3Si/c17-16-20-9-21-22(16)10-23-15(11-1-5-13(18)6-2-11)12-3-7-14(19)8-4-12/h1-9,15H,10,23H2. The van der Waals surface area contributed by atoms with Gasteiger partial charge in [-0.2, -0.15) is 5.10 Å². The zero-order chi connectivity index (χ0) is 16.2. The average molecular weight is 394 g/mol. The van der Waals surface area contributed by atoms with Crippen molar-refractivity contribution in [2.24, 2.45) is 0 Å². The van der Waals surface area contributed by atoms with E-state index in [9.17, 15) is 8.78 Å². The van der Waals surface area contributed by atoms with Gasteiger partial charge in [-0.05, 0) is 56.9 Å². The SMILES string of the molecule is Fc1ccc(C([SiH2]Cn2ncnc2Br)c2ccc(F)cc2)cc1. The minimum absolute atomic E-state index is 0.160. The maximum Gasteiger partial charge on any atom is 0.194 e. The second-order valence-corrected chi connectivity index (χ2v) is 7.75. The molecule has 0 saturated carbocycles. The summed E-state index contributed by atoms with van der Waals surface area (Å²) in [7, 11) is -0.701. The highest BCUT2D eigenvalue weighted by Gasteiger charge is 2.16. The van der Waals surface area contributed by atoms with Crippen molar-refractivity contribution in [2.45, 2.75) is 11.7 Å². The number of aromatic nitrogens is 3. The summed E-state index contributed by atoms with van der Waals surface area (Å²) in [6.07, 6.45) is 2.28. The number of benzene rings is 2. The molecule has 118 valence electrons. The highest BCUT2D eigenvalue weighted by atomic mass is 79.9. The van der Waals surface area contributed by atoms with Crippen LogP contribution in [-0.4, -0.2) is 24.3 Å². The Hall–Kier alpha value is -1.86. The highest BCUT2D eigenvalue weighted by molar-refractivity contribution is 9.10. The van der Waals surface area contributed by atoms with E-state index in [1.165, 1.54) is 30.6 Å². The number of halogens is 3. The predicted octanol–water partition coefficient (Wildman–Crippen LogP) is 3.23. The zero-order valence-corrected chi connectivity index (χ0v) is 15.2. The molecule has 0 aliphatic heterocycles. The van der Waals surface area contributed by atoms with Crippen LogP contribution in [0.2, 0.25) is 0 Å². The van der Waals surface area contributed by atoms with Crippen LogP contribution < -0.4 is 0 Å². The smallest absolute Gasteiger partial charge is 0.194 e. The molecule has 3 rings (SSSR count). The summed E-state index contributed by atoms with van der Waals surface area (Å²) < 4.78 is 28.9. The summed E-state index contributed by atoms with van der Waals surface area (Å²) in [6.45, 7) is 0. The summed E-state index contributed by atoms with van der Waals surface area (Å²) >= 11 is 3.36. The molecule has 0 saturated heterocycles. The van der Waals surface area contributed by atoms with E-state index in [1.807, 2.05) is 4.68 Å². The lowest BCUT2D eigenvalue weighted by atomic mass is 10.0. The van der Waals surface area contributed by atoms with Gasteiger partial charge >= 0.3 is 0 Å². The molecule has 1 aromatic heterocycles. The topological polar surface area (TPSA) is 30.7 Å². The van der Waals surface area contributed by atoms with E-state index in [0.29, 0.717) is 4.73 Å². The van der Waals surface area contributed by atoms with E-state index in [4.69, 9.17) is 0 Å². The van der Waals surface area contributed by atoms with Gasteiger partial charge in [0.25, 0.3) is 0 Å². The molecule has 3 aromatic rings. The molecule has 23 heavy (non-hydrogen) atoms.